The third-order valence-corrected chi connectivity index (χ3v) is 2.99. The average molecular weight is 212 g/mol. The molecule has 0 aromatic carbocycles. The molecule has 3 atom stereocenters. The Morgan fingerprint density at radius 3 is 2.21 bits per heavy atom. The summed E-state index contributed by atoms with van der Waals surface area (Å²) < 4.78 is 37.1. The van der Waals surface area contributed by atoms with Crippen LogP contribution in [0.2, 0.25) is 0 Å². The van der Waals surface area contributed by atoms with Gasteiger partial charge in [0.05, 0.1) is 5.92 Å². The van der Waals surface area contributed by atoms with E-state index < -0.39 is 12.1 Å². The summed E-state index contributed by atoms with van der Waals surface area (Å²) in [6.45, 7) is 0. The Morgan fingerprint density at radius 2 is 1.86 bits per heavy atom. The van der Waals surface area contributed by atoms with E-state index in [2.05, 4.69) is 0 Å². The van der Waals surface area contributed by atoms with Crippen molar-refractivity contribution >= 4 is 0 Å². The molecule has 1 saturated carbocycles. The van der Waals surface area contributed by atoms with Crippen molar-refractivity contribution in [2.24, 2.45) is 11.7 Å². The highest BCUT2D eigenvalue weighted by atomic mass is 19.4. The number of halogens is 3. The second kappa shape index (κ2) is 4.06. The molecule has 1 fully saturated rings. The fourth-order valence-electron chi connectivity index (χ4n) is 2.13. The van der Waals surface area contributed by atoms with Crippen LogP contribution < -0.4 is 5.73 Å². The molecule has 1 rings (SSSR count). The lowest BCUT2D eigenvalue weighted by Gasteiger charge is -2.38. The van der Waals surface area contributed by atoms with E-state index in [0.29, 0.717) is 6.42 Å². The summed E-state index contributed by atoms with van der Waals surface area (Å²) in [5, 5.41) is 0. The first-order valence-electron chi connectivity index (χ1n) is 4.81. The molecule has 5 heteroatoms. The van der Waals surface area contributed by atoms with Crippen LogP contribution in [0.5, 0.6) is 0 Å². The van der Waals surface area contributed by atoms with Gasteiger partial charge < -0.3 is 10.6 Å². The van der Waals surface area contributed by atoms with Crippen LogP contribution in [0, 0.1) is 5.92 Å². The predicted octanol–water partition coefficient (Wildman–Crippen LogP) is 1.85. The lowest BCUT2D eigenvalue weighted by molar-refractivity contribution is -0.185. The van der Waals surface area contributed by atoms with Gasteiger partial charge in [0.1, 0.15) is 0 Å². The van der Waals surface area contributed by atoms with E-state index in [0.717, 1.165) is 0 Å². The molecule has 0 spiro atoms. The first-order valence-corrected chi connectivity index (χ1v) is 4.81. The summed E-state index contributed by atoms with van der Waals surface area (Å²) in [6, 6.07) is -0.265. The number of hydrogen-bond donors (Lipinski definition) is 1. The molecule has 2 N–H and O–H groups in total. The van der Waals surface area contributed by atoms with Crippen LogP contribution in [0.4, 0.5) is 13.2 Å². The second-order valence-electron chi connectivity index (χ2n) is 4.25. The lowest BCUT2D eigenvalue weighted by atomic mass is 9.82. The van der Waals surface area contributed by atoms with Gasteiger partial charge in [-0.3, -0.25) is 0 Å². The third kappa shape index (κ3) is 2.60. The molecule has 0 unspecified atom stereocenters. The van der Waals surface area contributed by atoms with E-state index >= 15 is 0 Å². The maximum Gasteiger partial charge on any atom is 0.391 e. The Hall–Kier alpha value is -0.290. The van der Waals surface area contributed by atoms with E-state index in [9.17, 15) is 13.2 Å². The minimum Gasteiger partial charge on any atom is -0.326 e. The van der Waals surface area contributed by atoms with Crippen LogP contribution in [0.15, 0.2) is 0 Å². The Bertz CT molecular complexity index is 196. The van der Waals surface area contributed by atoms with E-state index in [4.69, 9.17) is 5.73 Å². The molecular weight excluding hydrogens is 193 g/mol. The van der Waals surface area contributed by atoms with Gasteiger partial charge >= 0.3 is 6.18 Å². The average Bonchev–Trinajstić information content (AvgIpc) is 2.01. The summed E-state index contributed by atoms with van der Waals surface area (Å²) in [6.07, 6.45) is -3.26. The molecule has 0 radical (unpaired) electrons. The topological polar surface area (TPSA) is 29.3 Å². The molecule has 1 aliphatic carbocycles. The van der Waals surface area contributed by atoms with E-state index in [1.54, 1.807) is 0 Å². The van der Waals surface area contributed by atoms with E-state index in [-0.39, 0.29) is 26.4 Å². The Kier molecular flexibility index (Phi) is 3.42. The van der Waals surface area contributed by atoms with Crippen molar-refractivity contribution in [3.8, 4) is 0 Å². The number of alkyl halides is 3. The fourth-order valence-corrected chi connectivity index (χ4v) is 2.13. The lowest BCUT2D eigenvalue weighted by Crippen LogP contribution is -2.50. The number of nitrogens with two attached hydrogens (primary N) is 1. The number of hydrogen-bond acceptors (Lipinski definition) is 2. The zero-order valence-electron chi connectivity index (χ0n) is 8.51. The molecule has 0 saturated heterocycles. The van der Waals surface area contributed by atoms with Crippen molar-refractivity contribution in [1.29, 1.82) is 0 Å². The van der Waals surface area contributed by atoms with Crippen molar-refractivity contribution in [1.82, 2.24) is 4.90 Å². The van der Waals surface area contributed by atoms with Crippen LogP contribution in [-0.4, -0.2) is 37.3 Å². The predicted molar refractivity (Wildman–Crippen MR) is 51.0 cm³/mol. The third-order valence-electron chi connectivity index (χ3n) is 2.99. The van der Waals surface area contributed by atoms with Crippen molar-refractivity contribution < 1.29 is 14.6 Å². The monoisotopic (exact) mass is 212 g/mol. The quantitative estimate of drug-likeness (QED) is 0.718. The van der Waals surface area contributed by atoms with Crippen molar-refractivity contribution in [2.45, 2.75) is 37.5 Å². The standard InChI is InChI=1S/C9H17F3N2.H2/c1-14(2)8-4-3-6(5-7(8)13)9(10,11)12;/h6-8H,3-5,13H2,1-2H3;1H/t6-,7+,8+;/m1./s1. The van der Waals surface area contributed by atoms with Gasteiger partial charge in [0.25, 0.3) is 0 Å². The first-order chi connectivity index (χ1) is 6.32. The van der Waals surface area contributed by atoms with Gasteiger partial charge in [-0.1, -0.05) is 0 Å². The molecule has 0 aliphatic heterocycles. The highest BCUT2D eigenvalue weighted by molar-refractivity contribution is 4.89. The molecule has 0 aromatic heterocycles. The Morgan fingerprint density at radius 1 is 1.29 bits per heavy atom. The second-order valence-corrected chi connectivity index (χ2v) is 4.25. The van der Waals surface area contributed by atoms with Crippen LogP contribution in [0.25, 0.3) is 0 Å². The van der Waals surface area contributed by atoms with Crippen LogP contribution in [0.3, 0.4) is 0 Å². The molecule has 2 nitrogen and oxygen atoms in total. The zero-order chi connectivity index (χ0) is 10.9. The molecule has 0 bridgehead atoms. The molecule has 1 aliphatic rings. The molecular formula is C9H19F3N2. The highest BCUT2D eigenvalue weighted by Gasteiger charge is 2.44. The molecule has 0 aromatic rings. The van der Waals surface area contributed by atoms with E-state index in [1.165, 1.54) is 0 Å². The number of likely N-dealkylation sites (N-methyl/N-ethyl adjacent to an activating group) is 1. The molecule has 86 valence electrons. The van der Waals surface area contributed by atoms with Gasteiger partial charge in [0.2, 0.25) is 0 Å². The van der Waals surface area contributed by atoms with Crippen LogP contribution in [-0.2, 0) is 0 Å². The highest BCUT2D eigenvalue weighted by Crippen LogP contribution is 2.37. The fraction of sp³-hybridized carbons (Fsp3) is 1.00. The number of nitrogens with zero attached hydrogens (tertiary/aromatic N) is 1. The van der Waals surface area contributed by atoms with Gasteiger partial charge in [0.15, 0.2) is 0 Å². The van der Waals surface area contributed by atoms with Crippen molar-refractivity contribution in [3.05, 3.63) is 0 Å². The Balaban J connectivity index is 0.00000196. The van der Waals surface area contributed by atoms with Gasteiger partial charge in [-0.05, 0) is 33.4 Å². The zero-order valence-corrected chi connectivity index (χ0v) is 8.51. The van der Waals surface area contributed by atoms with Crippen LogP contribution >= 0.6 is 0 Å². The van der Waals surface area contributed by atoms with Gasteiger partial charge in [-0.2, -0.15) is 13.2 Å². The summed E-state index contributed by atoms with van der Waals surface area (Å²) in [7, 11) is 3.72. The molecule has 14 heavy (non-hydrogen) atoms. The summed E-state index contributed by atoms with van der Waals surface area (Å²) in [5.74, 6) is -1.20. The van der Waals surface area contributed by atoms with E-state index in [1.807, 2.05) is 19.0 Å². The SMILES string of the molecule is CN(C)[C@H]1CC[C@@H](C(F)(F)F)C[C@@H]1N.[HH]. The number of rotatable bonds is 1. The van der Waals surface area contributed by atoms with Gasteiger partial charge in [0, 0.05) is 13.5 Å². The largest absolute Gasteiger partial charge is 0.391 e. The van der Waals surface area contributed by atoms with Crippen molar-refractivity contribution in [2.75, 3.05) is 14.1 Å². The molecule has 0 heterocycles. The minimum absolute atomic E-state index is 0. The first kappa shape index (κ1) is 11.8. The summed E-state index contributed by atoms with van der Waals surface area (Å²) >= 11 is 0. The van der Waals surface area contributed by atoms with Gasteiger partial charge in [-0.25, -0.2) is 0 Å². The van der Waals surface area contributed by atoms with Crippen LogP contribution in [0.1, 0.15) is 20.7 Å². The summed E-state index contributed by atoms with van der Waals surface area (Å²) in [5.41, 5.74) is 5.73. The molecule has 0 amide bonds. The smallest absolute Gasteiger partial charge is 0.326 e. The van der Waals surface area contributed by atoms with Gasteiger partial charge in [-0.15, -0.1) is 0 Å². The maximum atomic E-state index is 12.4. The van der Waals surface area contributed by atoms with Crippen molar-refractivity contribution in [3.63, 3.8) is 0 Å². The normalized spacial score (nSPS) is 34.9. The Labute approximate surface area is 83.7 Å². The summed E-state index contributed by atoms with van der Waals surface area (Å²) in [4.78, 5) is 1.91. The maximum absolute atomic E-state index is 12.4. The minimum atomic E-state index is -4.07.